The minimum atomic E-state index is -0.300. The van der Waals surface area contributed by atoms with E-state index in [9.17, 15) is 9.18 Å². The molecule has 0 saturated carbocycles. The number of para-hydroxylation sites is 2. The predicted octanol–water partition coefficient (Wildman–Crippen LogP) is 4.52. The lowest BCUT2D eigenvalue weighted by molar-refractivity contribution is -0.113. The first kappa shape index (κ1) is 23.3. The number of carbonyl (C=O) groups is 1. The van der Waals surface area contributed by atoms with E-state index in [1.807, 2.05) is 35.8 Å². The summed E-state index contributed by atoms with van der Waals surface area (Å²) < 4.78 is 21.0. The monoisotopic (exact) mass is 469 g/mol. The number of nitrogens with zero attached hydrogens (tertiary/aromatic N) is 4. The van der Waals surface area contributed by atoms with Crippen molar-refractivity contribution in [2.75, 3.05) is 30.8 Å². The second-order valence-corrected chi connectivity index (χ2v) is 8.76. The molecule has 0 bridgehead atoms. The molecular formula is C24H28FN5O2S. The molecule has 2 aromatic carbocycles. The molecule has 33 heavy (non-hydrogen) atoms. The Morgan fingerprint density at radius 1 is 1.09 bits per heavy atom. The van der Waals surface area contributed by atoms with Crippen LogP contribution in [0, 0.1) is 5.82 Å². The molecule has 0 spiro atoms. The molecule has 174 valence electrons. The van der Waals surface area contributed by atoms with Gasteiger partial charge >= 0.3 is 0 Å². The maximum Gasteiger partial charge on any atom is 0.234 e. The number of hydrogen-bond donors (Lipinski definition) is 1. The molecule has 0 unspecified atom stereocenters. The van der Waals surface area contributed by atoms with Gasteiger partial charge in [-0.15, -0.1) is 10.2 Å². The predicted molar refractivity (Wildman–Crippen MR) is 127 cm³/mol. The molecule has 1 aliphatic heterocycles. The van der Waals surface area contributed by atoms with E-state index in [1.54, 1.807) is 12.1 Å². The fourth-order valence-corrected chi connectivity index (χ4v) is 4.60. The molecule has 1 saturated heterocycles. The van der Waals surface area contributed by atoms with Crippen LogP contribution in [-0.4, -0.2) is 51.0 Å². The van der Waals surface area contributed by atoms with Crippen molar-refractivity contribution in [3.05, 3.63) is 60.2 Å². The Morgan fingerprint density at radius 3 is 2.61 bits per heavy atom. The quantitative estimate of drug-likeness (QED) is 0.465. The number of thioether (sulfide) groups is 1. The van der Waals surface area contributed by atoms with Gasteiger partial charge < -0.3 is 10.1 Å². The molecule has 1 aliphatic rings. The number of nitrogens with one attached hydrogen (secondary N) is 1. The zero-order valence-electron chi connectivity index (χ0n) is 18.7. The number of ether oxygens (including phenoxy) is 1. The number of piperidine rings is 1. The third-order valence-electron chi connectivity index (χ3n) is 5.39. The Balaban J connectivity index is 1.49. The number of amides is 1. The minimum absolute atomic E-state index is 0.156. The Labute approximate surface area is 197 Å². The fourth-order valence-electron chi connectivity index (χ4n) is 3.83. The molecule has 1 aromatic heterocycles. The third kappa shape index (κ3) is 6.11. The van der Waals surface area contributed by atoms with E-state index in [0.717, 1.165) is 24.6 Å². The number of anilines is 1. The van der Waals surface area contributed by atoms with Crippen molar-refractivity contribution in [1.82, 2.24) is 19.7 Å². The summed E-state index contributed by atoms with van der Waals surface area (Å²) in [4.78, 5) is 15.0. The molecule has 0 radical (unpaired) electrons. The summed E-state index contributed by atoms with van der Waals surface area (Å²) in [5.41, 5.74) is 1.41. The molecule has 7 nitrogen and oxygen atoms in total. The number of carbonyl (C=O) groups excluding carboxylic acids is 1. The third-order valence-corrected chi connectivity index (χ3v) is 6.32. The maximum absolute atomic E-state index is 13.5. The molecule has 3 aromatic rings. The van der Waals surface area contributed by atoms with E-state index < -0.39 is 0 Å². The van der Waals surface area contributed by atoms with Crippen LogP contribution in [0.3, 0.4) is 0 Å². The zero-order valence-corrected chi connectivity index (χ0v) is 19.5. The Bertz CT molecular complexity index is 1070. The molecule has 4 rings (SSSR count). The van der Waals surface area contributed by atoms with Crippen LogP contribution < -0.4 is 10.1 Å². The van der Waals surface area contributed by atoms with Gasteiger partial charge in [-0.2, -0.15) is 0 Å². The lowest BCUT2D eigenvalue weighted by Crippen LogP contribution is -2.30. The van der Waals surface area contributed by atoms with Crippen LogP contribution in [0.15, 0.2) is 53.7 Å². The van der Waals surface area contributed by atoms with Gasteiger partial charge in [-0.1, -0.05) is 30.3 Å². The average Bonchev–Trinajstić information content (AvgIpc) is 3.22. The largest absolute Gasteiger partial charge is 0.492 e. The first-order valence-corrected chi connectivity index (χ1v) is 12.2. The summed E-state index contributed by atoms with van der Waals surface area (Å²) in [5.74, 6) is 1.11. The topological polar surface area (TPSA) is 72.3 Å². The van der Waals surface area contributed by atoms with Crippen molar-refractivity contribution in [2.24, 2.45) is 0 Å². The van der Waals surface area contributed by atoms with E-state index in [-0.39, 0.29) is 17.5 Å². The van der Waals surface area contributed by atoms with Crippen molar-refractivity contribution in [2.45, 2.75) is 37.9 Å². The Hall–Kier alpha value is -2.91. The average molecular weight is 470 g/mol. The smallest absolute Gasteiger partial charge is 0.234 e. The summed E-state index contributed by atoms with van der Waals surface area (Å²) >= 11 is 1.30. The molecule has 1 N–H and O–H groups in total. The fraction of sp³-hybridized carbons (Fsp3) is 0.375. The lowest BCUT2D eigenvalue weighted by Gasteiger charge is -2.26. The Morgan fingerprint density at radius 2 is 1.85 bits per heavy atom. The minimum Gasteiger partial charge on any atom is -0.492 e. The van der Waals surface area contributed by atoms with E-state index in [1.165, 1.54) is 43.2 Å². The zero-order chi connectivity index (χ0) is 23.0. The van der Waals surface area contributed by atoms with Gasteiger partial charge in [0.05, 0.1) is 24.6 Å². The summed E-state index contributed by atoms with van der Waals surface area (Å²) in [6.45, 7) is 5.14. The van der Waals surface area contributed by atoms with Crippen molar-refractivity contribution >= 4 is 23.4 Å². The number of hydrogen-bond acceptors (Lipinski definition) is 6. The number of benzene rings is 2. The summed E-state index contributed by atoms with van der Waals surface area (Å²) in [6.07, 6.45) is 3.61. The highest BCUT2D eigenvalue weighted by Crippen LogP contribution is 2.26. The highest BCUT2D eigenvalue weighted by Gasteiger charge is 2.20. The molecule has 0 aliphatic carbocycles. The first-order valence-electron chi connectivity index (χ1n) is 11.2. The van der Waals surface area contributed by atoms with Crippen molar-refractivity contribution in [3.8, 4) is 11.4 Å². The van der Waals surface area contributed by atoms with Crippen molar-refractivity contribution in [3.63, 3.8) is 0 Å². The molecular weight excluding hydrogens is 441 g/mol. The van der Waals surface area contributed by atoms with Gasteiger partial charge in [0.25, 0.3) is 0 Å². The van der Waals surface area contributed by atoms with Crippen LogP contribution in [0.1, 0.15) is 32.0 Å². The number of likely N-dealkylation sites (tertiary alicyclic amines) is 1. The van der Waals surface area contributed by atoms with Crippen LogP contribution in [-0.2, 0) is 11.3 Å². The highest BCUT2D eigenvalue weighted by atomic mass is 32.2. The van der Waals surface area contributed by atoms with Gasteiger partial charge in [0.2, 0.25) is 5.91 Å². The van der Waals surface area contributed by atoms with Crippen LogP contribution in [0.4, 0.5) is 10.1 Å². The van der Waals surface area contributed by atoms with Crippen molar-refractivity contribution in [1.29, 1.82) is 0 Å². The first-order chi connectivity index (χ1) is 16.1. The van der Waals surface area contributed by atoms with Gasteiger partial charge in [0, 0.05) is 5.69 Å². The van der Waals surface area contributed by atoms with Gasteiger partial charge in [-0.25, -0.2) is 4.39 Å². The van der Waals surface area contributed by atoms with E-state index >= 15 is 0 Å². The van der Waals surface area contributed by atoms with Crippen LogP contribution >= 0.6 is 11.8 Å². The van der Waals surface area contributed by atoms with E-state index in [2.05, 4.69) is 20.4 Å². The van der Waals surface area contributed by atoms with Crippen LogP contribution in [0.25, 0.3) is 5.69 Å². The lowest BCUT2D eigenvalue weighted by atomic mass is 10.1. The SMILES string of the molecule is CCOc1ccccc1NC(=O)CSc1nnc(CN2CCCCC2)n1-c1ccc(F)cc1. The van der Waals surface area contributed by atoms with Crippen LogP contribution in [0.5, 0.6) is 5.75 Å². The maximum atomic E-state index is 13.5. The highest BCUT2D eigenvalue weighted by molar-refractivity contribution is 7.99. The number of aromatic nitrogens is 3. The van der Waals surface area contributed by atoms with Gasteiger partial charge in [0.1, 0.15) is 11.6 Å². The summed E-state index contributed by atoms with van der Waals surface area (Å²) in [6, 6.07) is 13.6. The molecule has 2 heterocycles. The van der Waals surface area contributed by atoms with Gasteiger partial charge in [0.15, 0.2) is 11.0 Å². The van der Waals surface area contributed by atoms with E-state index in [4.69, 9.17) is 4.74 Å². The summed E-state index contributed by atoms with van der Waals surface area (Å²) in [5, 5.41) is 12.3. The standard InChI is InChI=1S/C24H28FN5O2S/c1-2-32-21-9-5-4-8-20(21)26-23(31)17-33-24-28-27-22(16-29-14-6-3-7-15-29)30(24)19-12-10-18(25)11-13-19/h4-5,8-13H,2-3,6-7,14-17H2,1H3,(H,26,31). The molecule has 1 amide bonds. The second-order valence-electron chi connectivity index (χ2n) is 7.81. The van der Waals surface area contributed by atoms with Gasteiger partial charge in [-0.3, -0.25) is 14.3 Å². The number of halogens is 1. The molecule has 0 atom stereocenters. The Kier molecular flexibility index (Phi) is 7.96. The number of rotatable bonds is 9. The molecule has 9 heteroatoms. The summed E-state index contributed by atoms with van der Waals surface area (Å²) in [7, 11) is 0. The second kappa shape index (κ2) is 11.3. The normalized spacial score (nSPS) is 14.2. The van der Waals surface area contributed by atoms with Crippen molar-refractivity contribution < 1.29 is 13.9 Å². The van der Waals surface area contributed by atoms with E-state index in [0.29, 0.717) is 29.7 Å². The molecule has 1 fully saturated rings. The van der Waals surface area contributed by atoms with Gasteiger partial charge in [-0.05, 0) is 69.3 Å². The van der Waals surface area contributed by atoms with Crippen LogP contribution in [0.2, 0.25) is 0 Å².